The van der Waals surface area contributed by atoms with Crippen LogP contribution in [0.5, 0.6) is 5.75 Å². The number of hydrogen-bond acceptors (Lipinski definition) is 9. The van der Waals surface area contributed by atoms with Gasteiger partial charge in [0, 0.05) is 11.5 Å². The maximum atomic E-state index is 13.5. The van der Waals surface area contributed by atoms with Gasteiger partial charge in [-0.15, -0.1) is 0 Å². The molecule has 0 unspecified atom stereocenters. The molecule has 0 heterocycles. The predicted octanol–water partition coefficient (Wildman–Crippen LogP) is 0.723. The van der Waals surface area contributed by atoms with Crippen LogP contribution in [0.2, 0.25) is 0 Å². The number of carbonyl (C=O) groups is 4. The number of aromatic hydroxyl groups is 1. The summed E-state index contributed by atoms with van der Waals surface area (Å²) in [6, 6.07) is 1.80. The van der Waals surface area contributed by atoms with Gasteiger partial charge in [0.2, 0.25) is 5.78 Å². The molecule has 3 aliphatic carbocycles. The second-order valence-corrected chi connectivity index (χ2v) is 9.43. The van der Waals surface area contributed by atoms with Crippen molar-refractivity contribution in [3.63, 3.8) is 0 Å². The molecule has 10 nitrogen and oxygen atoms in total. The van der Waals surface area contributed by atoms with Gasteiger partial charge in [-0.3, -0.25) is 24.1 Å². The van der Waals surface area contributed by atoms with E-state index in [4.69, 9.17) is 5.73 Å². The minimum atomic E-state index is -2.67. The molecule has 0 fully saturated rings. The lowest BCUT2D eigenvalue weighted by Gasteiger charge is -2.50. The SMILES string of the molecule is CC(=O)/C=C/c1ccc(O)c2c1C[C@H]1C[C@H]3[C@H](N(C)C)C(O)=C(C(N)=O)C(=O)[C@@]3(O)C(O)=C1C2=O. The second kappa shape index (κ2) is 8.17. The third-order valence-electron chi connectivity index (χ3n) is 7.14. The summed E-state index contributed by atoms with van der Waals surface area (Å²) in [5.41, 5.74) is 2.45. The Hall–Kier alpha value is -3.76. The number of hydrogen-bond donors (Lipinski definition) is 5. The quantitative estimate of drug-likeness (QED) is 0.305. The zero-order chi connectivity index (χ0) is 26.0. The number of amides is 1. The minimum absolute atomic E-state index is 0.00270. The molecule has 0 aromatic heterocycles. The third kappa shape index (κ3) is 3.40. The molecule has 184 valence electrons. The van der Waals surface area contributed by atoms with Crippen molar-refractivity contribution < 1.29 is 39.6 Å². The summed E-state index contributed by atoms with van der Waals surface area (Å²) in [5, 5.41) is 44.0. The molecular formula is C25H26N2O8. The zero-order valence-electron chi connectivity index (χ0n) is 19.4. The summed E-state index contributed by atoms with van der Waals surface area (Å²) in [6.07, 6.45) is 3.01. The van der Waals surface area contributed by atoms with Gasteiger partial charge in [-0.2, -0.15) is 0 Å². The molecule has 0 bridgehead atoms. The fourth-order valence-corrected chi connectivity index (χ4v) is 5.64. The molecule has 0 spiro atoms. The number of benzene rings is 1. The Morgan fingerprint density at radius 1 is 1.17 bits per heavy atom. The van der Waals surface area contributed by atoms with Crippen LogP contribution >= 0.6 is 0 Å². The lowest BCUT2D eigenvalue weighted by molar-refractivity contribution is -0.148. The van der Waals surface area contributed by atoms with Gasteiger partial charge in [-0.25, -0.2) is 0 Å². The summed E-state index contributed by atoms with van der Waals surface area (Å²) < 4.78 is 0. The van der Waals surface area contributed by atoms with Gasteiger partial charge in [-0.05, 0) is 63.0 Å². The van der Waals surface area contributed by atoms with Crippen molar-refractivity contribution in [2.45, 2.75) is 31.4 Å². The van der Waals surface area contributed by atoms with E-state index in [1.54, 1.807) is 20.2 Å². The molecule has 1 amide bonds. The maximum Gasteiger partial charge on any atom is 0.255 e. The summed E-state index contributed by atoms with van der Waals surface area (Å²) in [5.74, 6) is -7.20. The molecule has 35 heavy (non-hydrogen) atoms. The van der Waals surface area contributed by atoms with Crippen molar-refractivity contribution in [1.82, 2.24) is 4.90 Å². The smallest absolute Gasteiger partial charge is 0.255 e. The molecule has 1 aromatic rings. The van der Waals surface area contributed by atoms with Gasteiger partial charge in [-0.1, -0.05) is 12.1 Å². The first-order chi connectivity index (χ1) is 16.3. The molecule has 6 N–H and O–H groups in total. The minimum Gasteiger partial charge on any atom is -0.510 e. The van der Waals surface area contributed by atoms with Gasteiger partial charge in [0.25, 0.3) is 5.91 Å². The standard InChI is InChI=1S/C25H26N2O8/c1-10(28)4-5-11-6-7-15(29)17-13(11)8-12-9-14-19(27(2)3)21(31)18(24(26)34)23(33)25(14,35)22(32)16(12)20(17)30/h4-7,12,14,19,29,31-32,35H,8-9H2,1-3H3,(H2,26,34)/b5-4+/t12-,14-,19-,25-/m0/s1. The normalized spacial score (nSPS) is 28.3. The number of Topliss-reactive ketones (excluding diaryl/α,β-unsaturated/α-hetero) is 2. The van der Waals surface area contributed by atoms with Crippen molar-refractivity contribution in [2.24, 2.45) is 17.6 Å². The number of likely N-dealkylation sites (N-methyl/N-ethyl adjacent to an activating group) is 1. The third-order valence-corrected chi connectivity index (χ3v) is 7.14. The van der Waals surface area contributed by atoms with E-state index in [9.17, 15) is 39.6 Å². The highest BCUT2D eigenvalue weighted by molar-refractivity contribution is 6.24. The maximum absolute atomic E-state index is 13.5. The Morgan fingerprint density at radius 3 is 2.40 bits per heavy atom. The van der Waals surface area contributed by atoms with Crippen LogP contribution in [0.4, 0.5) is 0 Å². The largest absolute Gasteiger partial charge is 0.510 e. The number of ketones is 3. The van der Waals surface area contributed by atoms with Crippen LogP contribution in [-0.2, 0) is 20.8 Å². The van der Waals surface area contributed by atoms with Gasteiger partial charge in [0.1, 0.15) is 22.8 Å². The van der Waals surface area contributed by atoms with Crippen LogP contribution in [0, 0.1) is 11.8 Å². The number of phenols is 1. The van der Waals surface area contributed by atoms with Crippen LogP contribution in [0.25, 0.3) is 6.08 Å². The van der Waals surface area contributed by atoms with E-state index in [2.05, 4.69) is 0 Å². The number of primary amides is 1. The Kier molecular flexibility index (Phi) is 5.69. The van der Waals surface area contributed by atoms with E-state index >= 15 is 0 Å². The molecule has 3 aliphatic rings. The molecule has 0 saturated carbocycles. The number of nitrogens with zero attached hydrogens (tertiary/aromatic N) is 1. The van der Waals surface area contributed by atoms with Gasteiger partial charge >= 0.3 is 0 Å². The molecule has 4 rings (SSSR count). The summed E-state index contributed by atoms with van der Waals surface area (Å²) in [4.78, 5) is 51.7. The van der Waals surface area contributed by atoms with Gasteiger partial charge in [0.05, 0.1) is 11.6 Å². The molecule has 0 radical (unpaired) electrons. The molecule has 4 atom stereocenters. The Balaban J connectivity index is 1.95. The molecule has 1 aromatic carbocycles. The number of carbonyl (C=O) groups excluding carboxylic acids is 4. The van der Waals surface area contributed by atoms with E-state index < -0.39 is 58.0 Å². The molecular weight excluding hydrogens is 456 g/mol. The summed E-state index contributed by atoms with van der Waals surface area (Å²) in [7, 11) is 3.13. The van der Waals surface area contributed by atoms with E-state index in [1.165, 1.54) is 30.0 Å². The summed E-state index contributed by atoms with van der Waals surface area (Å²) >= 11 is 0. The highest BCUT2D eigenvalue weighted by Crippen LogP contribution is 2.52. The number of fused-ring (bicyclic) bond motifs is 3. The number of phenolic OH excluding ortho intramolecular Hbond substituents is 1. The Labute approximate surface area is 200 Å². The van der Waals surface area contributed by atoms with Crippen molar-refractivity contribution in [2.75, 3.05) is 14.1 Å². The number of nitrogens with two attached hydrogens (primary N) is 1. The monoisotopic (exact) mass is 482 g/mol. The highest BCUT2D eigenvalue weighted by Gasteiger charge is 2.63. The predicted molar refractivity (Wildman–Crippen MR) is 123 cm³/mol. The topological polar surface area (TPSA) is 178 Å². The number of allylic oxidation sites excluding steroid dienone is 2. The molecule has 0 aliphatic heterocycles. The number of rotatable bonds is 4. The fourth-order valence-electron chi connectivity index (χ4n) is 5.64. The lowest BCUT2D eigenvalue weighted by atomic mass is 9.58. The average Bonchev–Trinajstić information content (AvgIpc) is 2.75. The first kappa shape index (κ1) is 24.4. The second-order valence-electron chi connectivity index (χ2n) is 9.43. The van der Waals surface area contributed by atoms with E-state index in [0.29, 0.717) is 11.1 Å². The molecule has 0 saturated heterocycles. The summed E-state index contributed by atoms with van der Waals surface area (Å²) in [6.45, 7) is 1.37. The Morgan fingerprint density at radius 2 is 1.83 bits per heavy atom. The van der Waals surface area contributed by atoms with Gasteiger partial charge in [0.15, 0.2) is 17.2 Å². The fraction of sp³-hybridized carbons (Fsp3) is 0.360. The number of aliphatic hydroxyl groups is 3. The van der Waals surface area contributed by atoms with E-state index in [1.807, 2.05) is 0 Å². The van der Waals surface area contributed by atoms with Crippen molar-refractivity contribution in [1.29, 1.82) is 0 Å². The zero-order valence-corrected chi connectivity index (χ0v) is 19.4. The first-order valence-corrected chi connectivity index (χ1v) is 11.0. The average molecular weight is 482 g/mol. The van der Waals surface area contributed by atoms with Crippen LogP contribution in [-0.4, -0.2) is 74.3 Å². The van der Waals surface area contributed by atoms with Crippen LogP contribution in [0.1, 0.15) is 34.8 Å². The van der Waals surface area contributed by atoms with Crippen LogP contribution < -0.4 is 5.73 Å². The number of aliphatic hydroxyl groups excluding tert-OH is 2. The molecule has 10 heteroatoms. The van der Waals surface area contributed by atoms with Crippen LogP contribution in [0.3, 0.4) is 0 Å². The van der Waals surface area contributed by atoms with E-state index in [0.717, 1.165) is 0 Å². The van der Waals surface area contributed by atoms with Crippen LogP contribution in [0.15, 0.2) is 40.9 Å². The van der Waals surface area contributed by atoms with E-state index in [-0.39, 0.29) is 35.5 Å². The van der Waals surface area contributed by atoms with Gasteiger partial charge < -0.3 is 26.2 Å². The highest BCUT2D eigenvalue weighted by atomic mass is 16.3. The van der Waals surface area contributed by atoms with Crippen molar-refractivity contribution in [3.05, 3.63) is 57.6 Å². The Bertz CT molecular complexity index is 1290. The lowest BCUT2D eigenvalue weighted by Crippen LogP contribution is -2.63. The first-order valence-electron chi connectivity index (χ1n) is 11.0. The van der Waals surface area contributed by atoms with Crippen molar-refractivity contribution in [3.8, 4) is 5.75 Å². The van der Waals surface area contributed by atoms with Crippen molar-refractivity contribution >= 4 is 29.3 Å².